The van der Waals surface area contributed by atoms with E-state index in [0.29, 0.717) is 0 Å². The van der Waals surface area contributed by atoms with Crippen molar-refractivity contribution in [3.05, 3.63) is 39.2 Å². The lowest BCUT2D eigenvalue weighted by molar-refractivity contribution is 0.266. The Balaban J connectivity index is 2.30. The Bertz CT molecular complexity index is 343. The second-order valence-electron chi connectivity index (χ2n) is 3.42. The molecule has 14 heavy (non-hydrogen) atoms. The Kier molecular flexibility index (Phi) is 2.82. The highest BCUT2D eigenvalue weighted by Crippen LogP contribution is 2.35. The first-order valence-corrected chi connectivity index (χ1v) is 5.46. The standard InChI is InChI=1S/C10H11BrN2O/c11-9-5-2-1-4-8(9)10-6-3-7-13(10)12-14/h1-2,4-5,10H,3,6-7H2. The molecule has 0 amide bonds. The molecule has 4 heteroatoms. The summed E-state index contributed by atoms with van der Waals surface area (Å²) in [6.07, 6.45) is 2.05. The van der Waals surface area contributed by atoms with Crippen molar-refractivity contribution in [1.29, 1.82) is 0 Å². The van der Waals surface area contributed by atoms with E-state index in [0.717, 1.165) is 29.4 Å². The highest BCUT2D eigenvalue weighted by Gasteiger charge is 2.27. The SMILES string of the molecule is O=NN1CCCC1c1ccccc1Br. The molecule has 1 unspecified atom stereocenters. The van der Waals surface area contributed by atoms with Crippen LogP contribution in [0, 0.1) is 4.91 Å². The molecule has 0 spiro atoms. The van der Waals surface area contributed by atoms with Gasteiger partial charge in [-0.2, -0.15) is 0 Å². The fourth-order valence-corrected chi connectivity index (χ4v) is 2.46. The number of rotatable bonds is 2. The van der Waals surface area contributed by atoms with Gasteiger partial charge in [0, 0.05) is 11.0 Å². The molecule has 0 saturated carbocycles. The van der Waals surface area contributed by atoms with Gasteiger partial charge in [-0.15, -0.1) is 4.91 Å². The number of halogens is 1. The van der Waals surface area contributed by atoms with Crippen LogP contribution in [0.5, 0.6) is 0 Å². The minimum absolute atomic E-state index is 0.156. The van der Waals surface area contributed by atoms with E-state index < -0.39 is 0 Å². The molecule has 0 bridgehead atoms. The molecule has 1 aliphatic rings. The van der Waals surface area contributed by atoms with E-state index in [-0.39, 0.29) is 6.04 Å². The third-order valence-corrected chi connectivity index (χ3v) is 3.32. The molecule has 1 atom stereocenters. The van der Waals surface area contributed by atoms with Gasteiger partial charge >= 0.3 is 0 Å². The second kappa shape index (κ2) is 4.09. The van der Waals surface area contributed by atoms with E-state index in [1.807, 2.05) is 24.3 Å². The molecular formula is C10H11BrN2O. The topological polar surface area (TPSA) is 32.7 Å². The van der Waals surface area contributed by atoms with Crippen LogP contribution in [-0.2, 0) is 0 Å². The Hall–Kier alpha value is -0.900. The Morgan fingerprint density at radius 1 is 1.43 bits per heavy atom. The molecule has 74 valence electrons. The first-order chi connectivity index (χ1) is 6.83. The lowest BCUT2D eigenvalue weighted by Crippen LogP contribution is -2.16. The monoisotopic (exact) mass is 254 g/mol. The summed E-state index contributed by atoms with van der Waals surface area (Å²) in [4.78, 5) is 10.6. The van der Waals surface area contributed by atoms with Gasteiger partial charge in [-0.3, -0.25) is 5.01 Å². The molecule has 2 rings (SSSR count). The molecule has 1 aromatic rings. The highest BCUT2D eigenvalue weighted by atomic mass is 79.9. The van der Waals surface area contributed by atoms with Crippen molar-refractivity contribution in [2.45, 2.75) is 18.9 Å². The van der Waals surface area contributed by atoms with Gasteiger partial charge in [-0.05, 0) is 24.5 Å². The zero-order valence-corrected chi connectivity index (χ0v) is 9.27. The van der Waals surface area contributed by atoms with Gasteiger partial charge in [-0.25, -0.2) is 0 Å². The number of hydrogen-bond donors (Lipinski definition) is 0. The summed E-state index contributed by atoms with van der Waals surface area (Å²) >= 11 is 3.49. The van der Waals surface area contributed by atoms with Gasteiger partial charge in [0.2, 0.25) is 0 Å². The van der Waals surface area contributed by atoms with Crippen molar-refractivity contribution < 1.29 is 0 Å². The molecule has 0 aliphatic carbocycles. The van der Waals surface area contributed by atoms with Crippen LogP contribution in [-0.4, -0.2) is 11.6 Å². The van der Waals surface area contributed by atoms with E-state index in [4.69, 9.17) is 0 Å². The molecule has 1 saturated heterocycles. The molecule has 1 heterocycles. The van der Waals surface area contributed by atoms with E-state index in [2.05, 4.69) is 21.2 Å². The van der Waals surface area contributed by atoms with Crippen LogP contribution in [0.2, 0.25) is 0 Å². The zero-order chi connectivity index (χ0) is 9.97. The quantitative estimate of drug-likeness (QED) is 0.760. The van der Waals surface area contributed by atoms with Crippen molar-refractivity contribution in [2.24, 2.45) is 5.29 Å². The molecule has 0 radical (unpaired) electrons. The van der Waals surface area contributed by atoms with Crippen molar-refractivity contribution in [2.75, 3.05) is 6.54 Å². The molecule has 1 aromatic carbocycles. The normalized spacial score (nSPS) is 21.2. The molecule has 0 N–H and O–H groups in total. The minimum atomic E-state index is 0.156. The number of hydrogen-bond acceptors (Lipinski definition) is 2. The predicted molar refractivity (Wildman–Crippen MR) is 58.6 cm³/mol. The summed E-state index contributed by atoms with van der Waals surface area (Å²) in [6, 6.07) is 8.15. The van der Waals surface area contributed by atoms with E-state index >= 15 is 0 Å². The Labute approximate surface area is 91.2 Å². The van der Waals surface area contributed by atoms with E-state index in [1.165, 1.54) is 0 Å². The van der Waals surface area contributed by atoms with Gasteiger partial charge in [0.15, 0.2) is 0 Å². The smallest absolute Gasteiger partial charge is 0.0763 e. The maximum Gasteiger partial charge on any atom is 0.0763 e. The van der Waals surface area contributed by atoms with Crippen LogP contribution in [0.1, 0.15) is 24.4 Å². The van der Waals surface area contributed by atoms with Gasteiger partial charge in [0.1, 0.15) is 0 Å². The average Bonchev–Trinajstić information content (AvgIpc) is 2.66. The van der Waals surface area contributed by atoms with E-state index in [9.17, 15) is 4.91 Å². The number of benzene rings is 1. The Morgan fingerprint density at radius 3 is 2.93 bits per heavy atom. The van der Waals surface area contributed by atoms with Crippen molar-refractivity contribution in [1.82, 2.24) is 5.01 Å². The summed E-state index contributed by atoms with van der Waals surface area (Å²) in [5.74, 6) is 0. The summed E-state index contributed by atoms with van der Waals surface area (Å²) in [5, 5.41) is 4.67. The molecule has 3 nitrogen and oxygen atoms in total. The van der Waals surface area contributed by atoms with Crippen LogP contribution in [0.25, 0.3) is 0 Å². The largest absolute Gasteiger partial charge is 0.253 e. The molecule has 0 aromatic heterocycles. The first kappa shape index (κ1) is 9.65. The average molecular weight is 255 g/mol. The third kappa shape index (κ3) is 1.66. The van der Waals surface area contributed by atoms with Gasteiger partial charge in [0.05, 0.1) is 11.3 Å². The maximum absolute atomic E-state index is 10.6. The zero-order valence-electron chi connectivity index (χ0n) is 7.69. The van der Waals surface area contributed by atoms with Gasteiger partial charge in [-0.1, -0.05) is 34.1 Å². The summed E-state index contributed by atoms with van der Waals surface area (Å²) in [7, 11) is 0. The molecule has 1 fully saturated rings. The van der Waals surface area contributed by atoms with Crippen LogP contribution >= 0.6 is 15.9 Å². The molecule has 1 aliphatic heterocycles. The molecular weight excluding hydrogens is 244 g/mol. The number of nitrogens with zero attached hydrogens (tertiary/aromatic N) is 2. The highest BCUT2D eigenvalue weighted by molar-refractivity contribution is 9.10. The Morgan fingerprint density at radius 2 is 2.21 bits per heavy atom. The van der Waals surface area contributed by atoms with Crippen molar-refractivity contribution >= 4 is 15.9 Å². The van der Waals surface area contributed by atoms with Crippen LogP contribution < -0.4 is 0 Å². The van der Waals surface area contributed by atoms with Gasteiger partial charge < -0.3 is 0 Å². The lowest BCUT2D eigenvalue weighted by atomic mass is 10.1. The van der Waals surface area contributed by atoms with E-state index in [1.54, 1.807) is 5.01 Å². The summed E-state index contributed by atoms with van der Waals surface area (Å²) in [6.45, 7) is 0.773. The third-order valence-electron chi connectivity index (χ3n) is 2.59. The lowest BCUT2D eigenvalue weighted by Gasteiger charge is -2.19. The second-order valence-corrected chi connectivity index (χ2v) is 4.28. The predicted octanol–water partition coefficient (Wildman–Crippen LogP) is 3.27. The minimum Gasteiger partial charge on any atom is -0.253 e. The van der Waals surface area contributed by atoms with Crippen LogP contribution in [0.4, 0.5) is 0 Å². The number of nitroso groups, excluding NO2 is 1. The van der Waals surface area contributed by atoms with Gasteiger partial charge in [0.25, 0.3) is 0 Å². The van der Waals surface area contributed by atoms with Crippen LogP contribution in [0.3, 0.4) is 0 Å². The first-order valence-electron chi connectivity index (χ1n) is 4.67. The fourth-order valence-electron chi connectivity index (χ4n) is 1.91. The summed E-state index contributed by atoms with van der Waals surface area (Å²) < 4.78 is 1.06. The maximum atomic E-state index is 10.6. The fraction of sp³-hybridized carbons (Fsp3) is 0.400. The van der Waals surface area contributed by atoms with Crippen molar-refractivity contribution in [3.8, 4) is 0 Å². The van der Waals surface area contributed by atoms with Crippen molar-refractivity contribution in [3.63, 3.8) is 0 Å². The van der Waals surface area contributed by atoms with Crippen LogP contribution in [0.15, 0.2) is 34.0 Å². The summed E-state index contributed by atoms with van der Waals surface area (Å²) in [5.41, 5.74) is 1.16.